The molecule has 176 valence electrons. The van der Waals surface area contributed by atoms with E-state index in [0.717, 1.165) is 10.2 Å². The molecule has 2 N–H and O–H groups in total. The van der Waals surface area contributed by atoms with Crippen molar-refractivity contribution in [3.63, 3.8) is 0 Å². The third-order valence-electron chi connectivity index (χ3n) is 5.44. The van der Waals surface area contributed by atoms with Crippen LogP contribution in [0.4, 0.5) is 0 Å². The van der Waals surface area contributed by atoms with Crippen LogP contribution >= 0.6 is 0 Å². The van der Waals surface area contributed by atoms with Crippen LogP contribution in [-0.4, -0.2) is 40.5 Å². The summed E-state index contributed by atoms with van der Waals surface area (Å²) in [6.45, 7) is 2.05. The van der Waals surface area contributed by atoms with Crippen LogP contribution in [0.5, 0.6) is 5.75 Å². The van der Waals surface area contributed by atoms with Gasteiger partial charge in [-0.2, -0.15) is 5.10 Å². The maximum atomic E-state index is 13.0. The van der Waals surface area contributed by atoms with Crippen molar-refractivity contribution < 1.29 is 18.7 Å². The zero-order valence-corrected chi connectivity index (χ0v) is 18.8. The van der Waals surface area contributed by atoms with E-state index >= 15 is 0 Å². The molecule has 0 bridgehead atoms. The Balaban J connectivity index is 1.44. The second-order valence-electron chi connectivity index (χ2n) is 7.58. The molecule has 5 aromatic rings. The number of benzene rings is 2. The van der Waals surface area contributed by atoms with Crippen molar-refractivity contribution in [2.45, 2.75) is 6.92 Å². The summed E-state index contributed by atoms with van der Waals surface area (Å²) in [4.78, 5) is 43.1. The van der Waals surface area contributed by atoms with Gasteiger partial charge in [-0.1, -0.05) is 12.1 Å². The summed E-state index contributed by atoms with van der Waals surface area (Å²) in [6.07, 6.45) is 1.28. The zero-order chi connectivity index (χ0) is 24.5. The number of furan rings is 1. The Bertz CT molecular complexity index is 1700. The number of esters is 1. The molecule has 3 aromatic heterocycles. The molecule has 0 saturated heterocycles. The summed E-state index contributed by atoms with van der Waals surface area (Å²) < 4.78 is 16.7. The van der Waals surface area contributed by atoms with Gasteiger partial charge in [-0.3, -0.25) is 4.79 Å². The lowest BCUT2D eigenvalue weighted by atomic mass is 10.1. The third-order valence-corrected chi connectivity index (χ3v) is 5.44. The first-order valence-corrected chi connectivity index (χ1v) is 10.7. The molecule has 0 aliphatic carbocycles. The van der Waals surface area contributed by atoms with E-state index in [1.165, 1.54) is 6.21 Å². The van der Waals surface area contributed by atoms with Crippen molar-refractivity contribution in [1.82, 2.24) is 14.6 Å². The number of rotatable bonds is 6. The molecule has 3 heterocycles. The van der Waals surface area contributed by atoms with Gasteiger partial charge in [-0.25, -0.2) is 9.59 Å². The maximum absolute atomic E-state index is 13.0. The first-order valence-electron chi connectivity index (χ1n) is 10.7. The number of fused-ring (bicyclic) bond motifs is 3. The Morgan fingerprint density at radius 2 is 1.86 bits per heavy atom. The topological polar surface area (TPSA) is 132 Å². The molecule has 2 aromatic carbocycles. The summed E-state index contributed by atoms with van der Waals surface area (Å²) in [6, 6.07) is 15.4. The van der Waals surface area contributed by atoms with Crippen molar-refractivity contribution in [2.24, 2.45) is 5.10 Å². The largest absolute Gasteiger partial charge is 0.497 e. The van der Waals surface area contributed by atoms with Gasteiger partial charge < -0.3 is 23.9 Å². The number of H-pyrrole nitrogens is 2. The van der Waals surface area contributed by atoms with Gasteiger partial charge in [0.2, 0.25) is 0 Å². The minimum absolute atomic E-state index is 0.215. The Hall–Kier alpha value is -4.86. The summed E-state index contributed by atoms with van der Waals surface area (Å²) in [5, 5.41) is 4.72. The summed E-state index contributed by atoms with van der Waals surface area (Å²) in [5.41, 5.74) is 1.16. The molecule has 5 rings (SSSR count). The van der Waals surface area contributed by atoms with Crippen LogP contribution in [0.3, 0.4) is 0 Å². The quantitative estimate of drug-likeness (QED) is 0.287. The molecule has 10 nitrogen and oxygen atoms in total. The highest BCUT2D eigenvalue weighted by Crippen LogP contribution is 2.25. The average Bonchev–Trinajstić information content (AvgIpc) is 3.49. The number of nitrogens with zero attached hydrogens (tertiary/aromatic N) is 2. The van der Waals surface area contributed by atoms with E-state index in [4.69, 9.17) is 13.9 Å². The van der Waals surface area contributed by atoms with E-state index in [1.807, 2.05) is 0 Å². The van der Waals surface area contributed by atoms with Crippen LogP contribution in [0.2, 0.25) is 0 Å². The van der Waals surface area contributed by atoms with Crippen molar-refractivity contribution in [1.29, 1.82) is 0 Å². The predicted octanol–water partition coefficient (Wildman–Crippen LogP) is 3.50. The molecular weight excluding hydrogens is 452 g/mol. The van der Waals surface area contributed by atoms with Gasteiger partial charge >= 0.3 is 17.2 Å². The van der Waals surface area contributed by atoms with Crippen molar-refractivity contribution in [2.75, 3.05) is 13.7 Å². The molecule has 10 heteroatoms. The minimum Gasteiger partial charge on any atom is -0.497 e. The Morgan fingerprint density at radius 3 is 2.60 bits per heavy atom. The number of hydrogen-bond donors (Lipinski definition) is 2. The minimum atomic E-state index is -0.684. The Kier molecular flexibility index (Phi) is 5.54. The monoisotopic (exact) mass is 472 g/mol. The summed E-state index contributed by atoms with van der Waals surface area (Å²) in [5.74, 6) is 1.09. The first kappa shape index (κ1) is 22.0. The van der Waals surface area contributed by atoms with Gasteiger partial charge in [0.15, 0.2) is 0 Å². The number of aromatic amines is 2. The molecule has 0 unspecified atom stereocenters. The van der Waals surface area contributed by atoms with Crippen LogP contribution < -0.4 is 16.0 Å². The Labute approximate surface area is 197 Å². The van der Waals surface area contributed by atoms with E-state index in [1.54, 1.807) is 68.6 Å². The third kappa shape index (κ3) is 4.01. The van der Waals surface area contributed by atoms with Crippen LogP contribution in [0.25, 0.3) is 33.3 Å². The lowest BCUT2D eigenvalue weighted by Crippen LogP contribution is -2.32. The van der Waals surface area contributed by atoms with E-state index < -0.39 is 17.2 Å². The number of ether oxygens (including phenoxy) is 2. The van der Waals surface area contributed by atoms with Crippen LogP contribution in [0.1, 0.15) is 23.0 Å². The highest BCUT2D eigenvalue weighted by Gasteiger charge is 2.13. The number of carbonyl (C=O) groups excluding carboxylic acids is 1. The number of methoxy groups -OCH3 is 1. The predicted molar refractivity (Wildman–Crippen MR) is 130 cm³/mol. The highest BCUT2D eigenvalue weighted by atomic mass is 16.5. The van der Waals surface area contributed by atoms with Crippen molar-refractivity contribution in [3.05, 3.63) is 86.8 Å². The number of nitrogens with one attached hydrogen (secondary N) is 2. The van der Waals surface area contributed by atoms with E-state index in [0.29, 0.717) is 45.9 Å². The van der Waals surface area contributed by atoms with Crippen molar-refractivity contribution in [3.8, 4) is 17.1 Å². The summed E-state index contributed by atoms with van der Waals surface area (Å²) >= 11 is 0. The molecule has 0 atom stereocenters. The SMILES string of the molecule is CCOC(=O)c1ccc(-c2ccc(/C=N/n3c(=O)[nH]c4c([nH]c5cc(OC)ccc54)c3=O)o2)cc1. The van der Waals surface area contributed by atoms with Gasteiger partial charge in [0, 0.05) is 17.0 Å². The second-order valence-corrected chi connectivity index (χ2v) is 7.58. The molecule has 0 saturated carbocycles. The number of hydrogen-bond acceptors (Lipinski definition) is 7. The molecule has 0 amide bonds. The normalized spacial score (nSPS) is 11.5. The fourth-order valence-corrected chi connectivity index (χ4v) is 3.73. The lowest BCUT2D eigenvalue weighted by molar-refractivity contribution is 0.0526. The van der Waals surface area contributed by atoms with Gasteiger partial charge in [0.25, 0.3) is 0 Å². The number of carbonyl (C=O) groups is 1. The smallest absolute Gasteiger partial charge is 0.350 e. The standard InChI is InChI=1S/C25H20N4O6/c1-3-34-24(31)15-6-4-14(5-7-15)20-11-9-17(35-20)13-26-29-23(30)22-21(28-25(29)32)18-10-8-16(33-2)12-19(18)27-22/h4-13,27H,3H2,1-2H3,(H,28,32)/b26-13+. The van der Waals surface area contributed by atoms with E-state index in [2.05, 4.69) is 15.1 Å². The summed E-state index contributed by atoms with van der Waals surface area (Å²) in [7, 11) is 1.55. The molecule has 0 fully saturated rings. The molecule has 0 radical (unpaired) electrons. The molecule has 0 aliphatic heterocycles. The van der Waals surface area contributed by atoms with Gasteiger partial charge in [0.1, 0.15) is 22.8 Å². The molecular formula is C25H20N4O6. The van der Waals surface area contributed by atoms with E-state index in [-0.39, 0.29) is 5.52 Å². The van der Waals surface area contributed by atoms with Crippen LogP contribution in [-0.2, 0) is 4.74 Å². The zero-order valence-electron chi connectivity index (χ0n) is 18.8. The Morgan fingerprint density at radius 1 is 1.06 bits per heavy atom. The molecule has 0 aliphatic rings. The average molecular weight is 472 g/mol. The fourth-order valence-electron chi connectivity index (χ4n) is 3.73. The first-order chi connectivity index (χ1) is 17.0. The van der Waals surface area contributed by atoms with Crippen LogP contribution in [0, 0.1) is 0 Å². The molecule has 0 spiro atoms. The van der Waals surface area contributed by atoms with Crippen molar-refractivity contribution >= 4 is 34.1 Å². The molecule has 35 heavy (non-hydrogen) atoms. The van der Waals surface area contributed by atoms with Crippen LogP contribution in [0.15, 0.2) is 73.7 Å². The fraction of sp³-hybridized carbons (Fsp3) is 0.120. The van der Waals surface area contributed by atoms with Gasteiger partial charge in [0.05, 0.1) is 36.5 Å². The van der Waals surface area contributed by atoms with Gasteiger partial charge in [-0.05, 0) is 43.3 Å². The van der Waals surface area contributed by atoms with Gasteiger partial charge in [-0.15, -0.1) is 4.68 Å². The van der Waals surface area contributed by atoms with E-state index in [9.17, 15) is 14.4 Å². The maximum Gasteiger partial charge on any atom is 0.350 e. The highest BCUT2D eigenvalue weighted by molar-refractivity contribution is 6.04. The lowest BCUT2D eigenvalue weighted by Gasteiger charge is -2.02. The second kappa shape index (κ2) is 8.82. The number of aromatic nitrogens is 3.